The van der Waals surface area contributed by atoms with Gasteiger partial charge in [-0.2, -0.15) is 5.10 Å². The second-order valence-corrected chi connectivity index (χ2v) is 5.84. The monoisotopic (exact) mass is 271 g/mol. The molecule has 0 fully saturated rings. The molecule has 0 aliphatic heterocycles. The van der Waals surface area contributed by atoms with Crippen molar-refractivity contribution >= 4 is 27.3 Å². The average Bonchev–Trinajstić information content (AvgIpc) is 2.26. The minimum absolute atomic E-state index is 0.189. The molecule has 0 radical (unpaired) electrons. The van der Waals surface area contributed by atoms with E-state index in [0.29, 0.717) is 0 Å². The van der Waals surface area contributed by atoms with E-state index in [-0.39, 0.29) is 9.92 Å². The van der Waals surface area contributed by atoms with Crippen LogP contribution >= 0.6 is 11.8 Å². The van der Waals surface area contributed by atoms with Crippen LogP contribution < -0.4 is 10.6 Å². The van der Waals surface area contributed by atoms with Crippen molar-refractivity contribution in [1.82, 2.24) is 4.72 Å². The van der Waals surface area contributed by atoms with Crippen LogP contribution in [0.2, 0.25) is 0 Å². The molecule has 0 unspecified atom stereocenters. The maximum atomic E-state index is 11.9. The molecule has 92 valence electrons. The Hall–Kier alpha value is -1.47. The molecule has 0 aliphatic rings. The van der Waals surface area contributed by atoms with Crippen molar-refractivity contribution in [2.24, 2.45) is 10.9 Å². The van der Waals surface area contributed by atoms with Crippen LogP contribution in [0, 0.1) is 6.92 Å². The molecule has 0 heterocycles. The van der Waals surface area contributed by atoms with Gasteiger partial charge in [0, 0.05) is 0 Å². The largest absolute Gasteiger partial charge is 0.323 e. The first-order valence-electron chi connectivity index (χ1n) is 4.62. The third-order valence-electron chi connectivity index (χ3n) is 1.84. The number of hydrogen-bond donors (Lipinski definition) is 2. The van der Waals surface area contributed by atoms with Gasteiger partial charge < -0.3 is 5.84 Å². The van der Waals surface area contributed by atoms with E-state index in [2.05, 4.69) is 16.4 Å². The lowest BCUT2D eigenvalue weighted by atomic mass is 10.2. The highest BCUT2D eigenvalue weighted by Gasteiger charge is 2.13. The number of hydrogen-bond acceptors (Lipinski definition) is 5. The molecule has 1 aromatic rings. The number of nitrogens with zero attached hydrogens (tertiary/aromatic N) is 1. The lowest BCUT2D eigenvalue weighted by Gasteiger charge is -2.08. The summed E-state index contributed by atoms with van der Waals surface area (Å²) in [7, 11) is -3.58. The van der Waals surface area contributed by atoms with E-state index < -0.39 is 10.0 Å². The molecule has 0 aromatic heterocycles. The van der Waals surface area contributed by atoms with Crippen LogP contribution in [0.4, 0.5) is 0 Å². The minimum atomic E-state index is -3.58. The molecule has 1 aromatic carbocycles. The number of thioether (sulfide) groups is 1. The quantitative estimate of drug-likeness (QED) is 0.367. The number of nitrogens with two attached hydrogens (primary N) is 1. The Labute approximate surface area is 105 Å². The van der Waals surface area contributed by atoms with Crippen molar-refractivity contribution in [3.05, 3.63) is 41.4 Å². The molecule has 3 N–H and O–H groups in total. The topological polar surface area (TPSA) is 84.5 Å². The first-order chi connectivity index (χ1) is 7.95. The van der Waals surface area contributed by atoms with Crippen molar-refractivity contribution in [2.75, 3.05) is 0 Å². The normalized spacial score (nSPS) is 11.6. The summed E-state index contributed by atoms with van der Waals surface area (Å²) in [6.45, 7) is 5.43. The minimum Gasteiger partial charge on any atom is -0.323 e. The van der Waals surface area contributed by atoms with Gasteiger partial charge in [-0.15, -0.1) is 0 Å². The van der Waals surface area contributed by atoms with Crippen molar-refractivity contribution in [3.8, 4) is 0 Å². The summed E-state index contributed by atoms with van der Waals surface area (Å²) in [6, 6.07) is 6.52. The first-order valence-corrected chi connectivity index (χ1v) is 6.99. The highest BCUT2D eigenvalue weighted by atomic mass is 32.2. The molecule has 0 aliphatic carbocycles. The van der Waals surface area contributed by atoms with E-state index in [9.17, 15) is 8.42 Å². The van der Waals surface area contributed by atoms with Crippen LogP contribution in [0.25, 0.3) is 0 Å². The van der Waals surface area contributed by atoms with Gasteiger partial charge in [0.1, 0.15) is 0 Å². The Kier molecular flexibility index (Phi) is 4.59. The zero-order valence-corrected chi connectivity index (χ0v) is 10.9. The van der Waals surface area contributed by atoms with Gasteiger partial charge in [0.15, 0.2) is 0 Å². The Balaban J connectivity index is 2.82. The lowest BCUT2D eigenvalue weighted by molar-refractivity contribution is 0.590. The van der Waals surface area contributed by atoms with Crippen molar-refractivity contribution in [1.29, 1.82) is 0 Å². The molecule has 17 heavy (non-hydrogen) atoms. The van der Waals surface area contributed by atoms with Gasteiger partial charge in [-0.1, -0.05) is 36.0 Å². The Morgan fingerprint density at radius 1 is 1.47 bits per heavy atom. The predicted molar refractivity (Wildman–Crippen MR) is 70.9 cm³/mol. The van der Waals surface area contributed by atoms with E-state index in [1.54, 1.807) is 12.1 Å². The van der Waals surface area contributed by atoms with Crippen LogP contribution in [0.3, 0.4) is 0 Å². The number of sulfonamides is 1. The van der Waals surface area contributed by atoms with Crippen LogP contribution in [-0.4, -0.2) is 14.0 Å². The Bertz CT molecular complexity index is 521. The molecule has 5 nitrogen and oxygen atoms in total. The summed E-state index contributed by atoms with van der Waals surface area (Å²) in [6.07, 6.45) is 0. The van der Waals surface area contributed by atoms with E-state index in [1.165, 1.54) is 17.7 Å². The summed E-state index contributed by atoms with van der Waals surface area (Å²) in [5.41, 5.74) is 2.28. The maximum absolute atomic E-state index is 11.9. The van der Waals surface area contributed by atoms with Gasteiger partial charge in [0.2, 0.25) is 0 Å². The van der Waals surface area contributed by atoms with Crippen LogP contribution in [0.15, 0.2) is 45.9 Å². The van der Waals surface area contributed by atoms with Crippen LogP contribution in [-0.2, 0) is 10.0 Å². The fraction of sp³-hybridized carbons (Fsp3) is 0.100. The third kappa shape index (κ3) is 4.12. The molecular weight excluding hydrogens is 258 g/mol. The SMILES string of the molecule is C=C(NS(=O)(=O)c1ccc(C)cc1)S/C=N\N. The van der Waals surface area contributed by atoms with Crippen molar-refractivity contribution in [3.63, 3.8) is 0 Å². The number of hydrazone groups is 1. The van der Waals surface area contributed by atoms with Gasteiger partial charge in [0.05, 0.1) is 15.5 Å². The molecule has 0 bridgehead atoms. The zero-order valence-electron chi connectivity index (χ0n) is 9.25. The molecule has 0 amide bonds. The predicted octanol–water partition coefficient (Wildman–Crippen LogP) is 1.38. The Morgan fingerprint density at radius 3 is 2.59 bits per heavy atom. The van der Waals surface area contributed by atoms with E-state index in [1.807, 2.05) is 6.92 Å². The summed E-state index contributed by atoms with van der Waals surface area (Å²) in [5.74, 6) is 4.90. The van der Waals surface area contributed by atoms with Gasteiger partial charge in [0.25, 0.3) is 10.0 Å². The van der Waals surface area contributed by atoms with Crippen LogP contribution in [0.1, 0.15) is 5.56 Å². The second-order valence-electron chi connectivity index (χ2n) is 3.21. The summed E-state index contributed by atoms with van der Waals surface area (Å²) in [4.78, 5) is 0.189. The molecule has 0 saturated heterocycles. The van der Waals surface area contributed by atoms with Gasteiger partial charge in [-0.25, -0.2) is 8.42 Å². The zero-order chi connectivity index (χ0) is 12.9. The number of benzene rings is 1. The molecule has 0 saturated carbocycles. The van der Waals surface area contributed by atoms with Gasteiger partial charge in [-0.05, 0) is 19.1 Å². The number of nitrogens with one attached hydrogen (secondary N) is 1. The summed E-state index contributed by atoms with van der Waals surface area (Å²) >= 11 is 1.000. The fourth-order valence-corrected chi connectivity index (χ4v) is 2.67. The standard InChI is InChI=1S/C10H13N3O2S2/c1-8-3-5-10(6-4-8)17(14,15)13-9(2)16-7-12-11/h3-7,13H,2,11H2,1H3/b12-7-. The molecule has 0 atom stereocenters. The van der Waals surface area contributed by atoms with Gasteiger partial charge >= 0.3 is 0 Å². The van der Waals surface area contributed by atoms with Crippen LogP contribution in [0.5, 0.6) is 0 Å². The highest BCUT2D eigenvalue weighted by molar-refractivity contribution is 8.15. The van der Waals surface area contributed by atoms with Crippen molar-refractivity contribution < 1.29 is 8.42 Å². The second kappa shape index (κ2) is 5.74. The number of rotatable bonds is 5. The average molecular weight is 271 g/mol. The maximum Gasteiger partial charge on any atom is 0.262 e. The van der Waals surface area contributed by atoms with Crippen molar-refractivity contribution in [2.45, 2.75) is 11.8 Å². The van der Waals surface area contributed by atoms with Gasteiger partial charge in [-0.3, -0.25) is 4.72 Å². The first kappa shape index (κ1) is 13.6. The van der Waals surface area contributed by atoms with E-state index in [0.717, 1.165) is 17.3 Å². The molecule has 7 heteroatoms. The highest BCUT2D eigenvalue weighted by Crippen LogP contribution is 2.14. The number of aryl methyl sites for hydroxylation is 1. The smallest absolute Gasteiger partial charge is 0.262 e. The van der Waals surface area contributed by atoms with E-state index >= 15 is 0 Å². The summed E-state index contributed by atoms with van der Waals surface area (Å²) < 4.78 is 26.0. The summed E-state index contributed by atoms with van der Waals surface area (Å²) in [5, 5.41) is 3.47. The molecular formula is C10H13N3O2S2. The Morgan fingerprint density at radius 2 is 2.06 bits per heavy atom. The third-order valence-corrected chi connectivity index (χ3v) is 3.99. The fourth-order valence-electron chi connectivity index (χ4n) is 1.04. The van der Waals surface area contributed by atoms with E-state index in [4.69, 9.17) is 5.84 Å². The molecule has 0 spiro atoms. The lowest BCUT2D eigenvalue weighted by Crippen LogP contribution is -2.21. The molecule has 1 rings (SSSR count).